The van der Waals surface area contributed by atoms with Crippen molar-refractivity contribution in [3.8, 4) is 17.8 Å². The van der Waals surface area contributed by atoms with Crippen LogP contribution in [0.3, 0.4) is 0 Å². The van der Waals surface area contributed by atoms with E-state index in [9.17, 15) is 10.5 Å². The van der Waals surface area contributed by atoms with Crippen molar-refractivity contribution < 1.29 is 0 Å². The molecule has 4 nitrogen and oxygen atoms in total. The van der Waals surface area contributed by atoms with Crippen LogP contribution < -0.4 is 5.32 Å². The molecule has 1 unspecified atom stereocenters. The number of hydrogen-bond acceptors (Lipinski definition) is 3. The summed E-state index contributed by atoms with van der Waals surface area (Å²) in [4.78, 5) is 0. The minimum atomic E-state index is -0.635. The summed E-state index contributed by atoms with van der Waals surface area (Å²) in [5.74, 6) is 0.116. The number of nitrogens with zero attached hydrogens (tertiary/aromatic N) is 3. The Balaban J connectivity index is 1.66. The second-order valence-electron chi connectivity index (χ2n) is 10.4. The van der Waals surface area contributed by atoms with Crippen molar-refractivity contribution in [2.75, 3.05) is 0 Å². The van der Waals surface area contributed by atoms with Crippen LogP contribution in [0.2, 0.25) is 0 Å². The van der Waals surface area contributed by atoms with Gasteiger partial charge in [0.05, 0.1) is 29.2 Å². The van der Waals surface area contributed by atoms with E-state index < -0.39 is 5.41 Å². The summed E-state index contributed by atoms with van der Waals surface area (Å²) >= 11 is 2.38. The quantitative estimate of drug-likeness (QED) is 0.146. The zero-order valence-corrected chi connectivity index (χ0v) is 24.3. The van der Waals surface area contributed by atoms with Gasteiger partial charge in [0.25, 0.3) is 0 Å². The highest BCUT2D eigenvalue weighted by atomic mass is 127. The lowest BCUT2D eigenvalue weighted by Gasteiger charge is -2.36. The van der Waals surface area contributed by atoms with Gasteiger partial charge in [0, 0.05) is 34.5 Å². The number of alkyl halides is 1. The van der Waals surface area contributed by atoms with Crippen LogP contribution >= 0.6 is 22.6 Å². The molecule has 0 saturated carbocycles. The van der Waals surface area contributed by atoms with E-state index in [2.05, 4.69) is 106 Å². The highest BCUT2D eigenvalue weighted by Gasteiger charge is 2.34. The maximum atomic E-state index is 10.1. The molecule has 1 aromatic heterocycles. The fraction of sp³-hybridized carbons (Fsp3) is 0.273. The Bertz CT molecular complexity index is 1410. The van der Waals surface area contributed by atoms with Gasteiger partial charge in [0.2, 0.25) is 0 Å². The average molecular weight is 613 g/mol. The van der Waals surface area contributed by atoms with Crippen LogP contribution in [0.15, 0.2) is 97.3 Å². The van der Waals surface area contributed by atoms with E-state index >= 15 is 0 Å². The lowest BCUT2D eigenvalue weighted by molar-refractivity contribution is 0.281. The molecular weight excluding hydrogens is 579 g/mol. The normalized spacial score (nSPS) is 13.7. The van der Waals surface area contributed by atoms with Crippen LogP contribution in [-0.4, -0.2) is 10.6 Å². The number of rotatable bonds is 10. The van der Waals surface area contributed by atoms with Gasteiger partial charge in [-0.25, -0.2) is 0 Å². The Labute approximate surface area is 240 Å². The van der Waals surface area contributed by atoms with Gasteiger partial charge in [-0.3, -0.25) is 0 Å². The maximum absolute atomic E-state index is 10.1. The zero-order chi connectivity index (χ0) is 27.1. The Morgan fingerprint density at radius 3 is 2.13 bits per heavy atom. The topological polar surface area (TPSA) is 64.5 Å². The summed E-state index contributed by atoms with van der Waals surface area (Å²) in [6, 6.07) is 33.9. The Morgan fingerprint density at radius 2 is 1.53 bits per heavy atom. The molecule has 4 aromatic rings. The van der Waals surface area contributed by atoms with Crippen molar-refractivity contribution >= 4 is 22.6 Å². The van der Waals surface area contributed by atoms with Gasteiger partial charge in [-0.05, 0) is 85.8 Å². The molecule has 192 valence electrons. The second kappa shape index (κ2) is 12.4. The summed E-state index contributed by atoms with van der Waals surface area (Å²) in [6.07, 6.45) is 4.88. The SMILES string of the molecule is C[C@H](NC(c1ccc(-n2cccc2)cc1)C(C)(C)C#N)[C@@H](Cc1ccc(CI)cc1)c1cccc(C#N)c1. The van der Waals surface area contributed by atoms with Crippen molar-refractivity contribution in [1.29, 1.82) is 10.5 Å². The first-order valence-corrected chi connectivity index (χ1v) is 14.4. The number of nitrogens with one attached hydrogen (secondary N) is 1. The molecule has 0 spiro atoms. The van der Waals surface area contributed by atoms with E-state index in [0.29, 0.717) is 5.56 Å². The lowest BCUT2D eigenvalue weighted by Crippen LogP contribution is -2.42. The first-order valence-electron chi connectivity index (χ1n) is 12.9. The third kappa shape index (κ3) is 6.54. The molecule has 3 atom stereocenters. The van der Waals surface area contributed by atoms with E-state index in [-0.39, 0.29) is 18.0 Å². The van der Waals surface area contributed by atoms with Crippen molar-refractivity contribution in [2.45, 2.75) is 49.6 Å². The fourth-order valence-electron chi connectivity index (χ4n) is 4.95. The van der Waals surface area contributed by atoms with Gasteiger partial charge >= 0.3 is 0 Å². The number of halogens is 1. The van der Waals surface area contributed by atoms with Gasteiger partial charge < -0.3 is 9.88 Å². The van der Waals surface area contributed by atoms with Crippen LogP contribution in [-0.2, 0) is 10.8 Å². The summed E-state index contributed by atoms with van der Waals surface area (Å²) in [7, 11) is 0. The Morgan fingerprint density at radius 1 is 0.868 bits per heavy atom. The fourth-order valence-corrected chi connectivity index (χ4v) is 5.46. The summed E-state index contributed by atoms with van der Waals surface area (Å²) < 4.78 is 3.06. The van der Waals surface area contributed by atoms with Crippen molar-refractivity contribution in [3.05, 3.63) is 125 Å². The molecule has 0 aliphatic heterocycles. The predicted octanol–water partition coefficient (Wildman–Crippen LogP) is 7.88. The Hall–Kier alpha value is -3.39. The van der Waals surface area contributed by atoms with E-state index in [0.717, 1.165) is 27.7 Å². The second-order valence-corrected chi connectivity index (χ2v) is 11.2. The smallest absolute Gasteiger partial charge is 0.0991 e. The molecule has 0 bridgehead atoms. The molecule has 1 heterocycles. The standard InChI is InChI=1S/C33H33IN4/c1-24(31(29-8-6-7-27(19-29)22-35)20-25-9-11-26(21-34)12-10-25)37-32(33(2,3)23-36)28-13-15-30(16-14-28)38-17-4-5-18-38/h4-19,24,31-32,37H,20-21H2,1-3H3/t24-,31+,32?/m0/s1. The van der Waals surface area contributed by atoms with Crippen LogP contribution in [0.4, 0.5) is 0 Å². The summed E-state index contributed by atoms with van der Waals surface area (Å²) in [5, 5.41) is 23.5. The molecule has 4 rings (SSSR count). The minimum absolute atomic E-state index is 0.0370. The first kappa shape index (κ1) is 27.6. The number of hydrogen-bond donors (Lipinski definition) is 1. The highest BCUT2D eigenvalue weighted by Crippen LogP contribution is 2.36. The maximum Gasteiger partial charge on any atom is 0.0991 e. The molecule has 0 amide bonds. The molecule has 5 heteroatoms. The molecule has 0 radical (unpaired) electrons. The van der Waals surface area contributed by atoms with Crippen LogP contribution in [0.5, 0.6) is 0 Å². The van der Waals surface area contributed by atoms with Gasteiger partial charge in [-0.1, -0.05) is 71.1 Å². The number of aromatic nitrogens is 1. The van der Waals surface area contributed by atoms with E-state index in [1.54, 1.807) is 0 Å². The monoisotopic (exact) mass is 612 g/mol. The third-order valence-electron chi connectivity index (χ3n) is 7.25. The molecule has 0 aliphatic rings. The van der Waals surface area contributed by atoms with Crippen LogP contribution in [0.1, 0.15) is 60.5 Å². The largest absolute Gasteiger partial charge is 0.324 e. The van der Waals surface area contributed by atoms with Gasteiger partial charge in [-0.15, -0.1) is 0 Å². The average Bonchev–Trinajstić information content (AvgIpc) is 3.50. The molecule has 1 N–H and O–H groups in total. The van der Waals surface area contributed by atoms with Crippen molar-refractivity contribution in [1.82, 2.24) is 9.88 Å². The third-order valence-corrected chi connectivity index (χ3v) is 8.13. The van der Waals surface area contributed by atoms with E-state index in [1.807, 2.05) is 56.6 Å². The minimum Gasteiger partial charge on any atom is -0.324 e. The predicted molar refractivity (Wildman–Crippen MR) is 162 cm³/mol. The number of benzene rings is 3. The zero-order valence-electron chi connectivity index (χ0n) is 22.1. The van der Waals surface area contributed by atoms with Crippen LogP contribution in [0, 0.1) is 28.1 Å². The highest BCUT2D eigenvalue weighted by molar-refractivity contribution is 14.1. The van der Waals surface area contributed by atoms with Gasteiger partial charge in [-0.2, -0.15) is 10.5 Å². The van der Waals surface area contributed by atoms with Gasteiger partial charge in [0.15, 0.2) is 0 Å². The first-order chi connectivity index (χ1) is 18.3. The van der Waals surface area contributed by atoms with Gasteiger partial charge in [0.1, 0.15) is 0 Å². The number of nitriles is 2. The van der Waals surface area contributed by atoms with Crippen molar-refractivity contribution in [2.24, 2.45) is 5.41 Å². The van der Waals surface area contributed by atoms with E-state index in [4.69, 9.17) is 0 Å². The molecule has 0 aliphatic carbocycles. The molecular formula is C33H33IN4. The summed E-state index contributed by atoms with van der Waals surface area (Å²) in [5.41, 5.74) is 5.88. The molecule has 38 heavy (non-hydrogen) atoms. The molecule has 3 aromatic carbocycles. The molecule has 0 fully saturated rings. The lowest BCUT2D eigenvalue weighted by atomic mass is 9.79. The molecule has 0 saturated heterocycles. The van der Waals surface area contributed by atoms with E-state index in [1.165, 1.54) is 11.1 Å². The van der Waals surface area contributed by atoms with Crippen molar-refractivity contribution in [3.63, 3.8) is 0 Å². The Kier molecular flexibility index (Phi) is 9.05. The summed E-state index contributed by atoms with van der Waals surface area (Å²) in [6.45, 7) is 6.17. The van der Waals surface area contributed by atoms with Crippen LogP contribution in [0.25, 0.3) is 5.69 Å².